The van der Waals surface area contributed by atoms with Gasteiger partial charge in [-0.25, -0.2) is 4.79 Å². The van der Waals surface area contributed by atoms with Gasteiger partial charge < -0.3 is 14.6 Å². The van der Waals surface area contributed by atoms with Crippen LogP contribution in [-0.2, 0) is 14.3 Å². The van der Waals surface area contributed by atoms with E-state index in [9.17, 15) is 9.90 Å². The Morgan fingerprint density at radius 2 is 1.75 bits per heavy atom. The lowest BCUT2D eigenvalue weighted by Gasteiger charge is -2.29. The standard InChI is InChI=1S/C12H20Cl4O4/c1-11(13,14)12(15,16)7-5-4-6-8(17)9(19-2)10(18)20-3/h8-9,17H,4-7H2,1-3H3/t8-,9-/m1/s1. The van der Waals surface area contributed by atoms with Crippen LogP contribution in [0.3, 0.4) is 0 Å². The molecule has 0 unspecified atom stereocenters. The van der Waals surface area contributed by atoms with E-state index >= 15 is 0 Å². The molecule has 8 heteroatoms. The van der Waals surface area contributed by atoms with Crippen LogP contribution < -0.4 is 0 Å². The number of hydrogen-bond donors (Lipinski definition) is 1. The Kier molecular flexibility index (Phi) is 9.11. The molecule has 120 valence electrons. The summed E-state index contributed by atoms with van der Waals surface area (Å²) < 4.78 is 6.88. The topological polar surface area (TPSA) is 55.8 Å². The molecule has 0 aliphatic rings. The maximum atomic E-state index is 11.3. The van der Waals surface area contributed by atoms with E-state index in [1.807, 2.05) is 0 Å². The lowest BCUT2D eigenvalue weighted by molar-refractivity contribution is -0.159. The van der Waals surface area contributed by atoms with Gasteiger partial charge in [0.25, 0.3) is 0 Å². The van der Waals surface area contributed by atoms with E-state index in [-0.39, 0.29) is 0 Å². The molecule has 0 amide bonds. The van der Waals surface area contributed by atoms with Gasteiger partial charge in [0, 0.05) is 7.11 Å². The van der Waals surface area contributed by atoms with Crippen molar-refractivity contribution in [3.63, 3.8) is 0 Å². The lowest BCUT2D eigenvalue weighted by Crippen LogP contribution is -2.37. The molecule has 0 aromatic rings. The highest BCUT2D eigenvalue weighted by Crippen LogP contribution is 2.45. The van der Waals surface area contributed by atoms with Crippen molar-refractivity contribution in [2.24, 2.45) is 0 Å². The minimum absolute atomic E-state index is 0.346. The first-order valence-corrected chi connectivity index (χ1v) is 7.62. The van der Waals surface area contributed by atoms with E-state index in [0.29, 0.717) is 25.7 Å². The van der Waals surface area contributed by atoms with Gasteiger partial charge in [0.05, 0.1) is 13.2 Å². The Morgan fingerprint density at radius 3 is 2.15 bits per heavy atom. The summed E-state index contributed by atoms with van der Waals surface area (Å²) in [7, 11) is 2.57. The fraction of sp³-hybridized carbons (Fsp3) is 0.917. The second-order valence-electron chi connectivity index (χ2n) is 4.59. The number of esters is 1. The summed E-state index contributed by atoms with van der Waals surface area (Å²) in [6, 6.07) is 0. The van der Waals surface area contributed by atoms with Crippen molar-refractivity contribution in [1.82, 2.24) is 0 Å². The molecule has 0 aromatic heterocycles. The quantitative estimate of drug-likeness (QED) is 0.384. The minimum Gasteiger partial charge on any atom is -0.467 e. The molecule has 2 atom stereocenters. The average molecular weight is 370 g/mol. The molecule has 0 rings (SSSR count). The maximum Gasteiger partial charge on any atom is 0.337 e. The Labute approximate surface area is 139 Å². The minimum atomic E-state index is -1.27. The zero-order chi connectivity index (χ0) is 16.0. The van der Waals surface area contributed by atoms with E-state index in [4.69, 9.17) is 51.1 Å². The van der Waals surface area contributed by atoms with Crippen molar-refractivity contribution in [1.29, 1.82) is 0 Å². The number of rotatable bonds is 9. The number of alkyl halides is 4. The van der Waals surface area contributed by atoms with Gasteiger partial charge in [0.15, 0.2) is 10.4 Å². The Morgan fingerprint density at radius 1 is 1.20 bits per heavy atom. The van der Waals surface area contributed by atoms with E-state index in [1.54, 1.807) is 0 Å². The molecule has 4 nitrogen and oxygen atoms in total. The van der Waals surface area contributed by atoms with E-state index in [1.165, 1.54) is 21.1 Å². The smallest absolute Gasteiger partial charge is 0.337 e. The lowest BCUT2D eigenvalue weighted by atomic mass is 10.0. The van der Waals surface area contributed by atoms with Crippen LogP contribution in [0, 0.1) is 0 Å². The number of aliphatic hydroxyl groups excluding tert-OH is 1. The summed E-state index contributed by atoms with van der Waals surface area (Å²) in [6.45, 7) is 1.52. The molecular weight excluding hydrogens is 350 g/mol. The largest absolute Gasteiger partial charge is 0.467 e. The summed E-state index contributed by atoms with van der Waals surface area (Å²) in [6.07, 6.45) is -0.0604. The van der Waals surface area contributed by atoms with Gasteiger partial charge in [-0.1, -0.05) is 59.2 Å². The van der Waals surface area contributed by atoms with Crippen LogP contribution in [0.2, 0.25) is 0 Å². The monoisotopic (exact) mass is 368 g/mol. The molecular formula is C12H20Cl4O4. The molecule has 1 N–H and O–H groups in total. The third-order valence-corrected chi connectivity index (χ3v) is 5.09. The number of carbonyl (C=O) groups excluding carboxylic acids is 1. The van der Waals surface area contributed by atoms with E-state index in [0.717, 1.165) is 0 Å². The maximum absolute atomic E-state index is 11.3. The number of carbonyl (C=O) groups is 1. The van der Waals surface area contributed by atoms with Gasteiger partial charge in [0.2, 0.25) is 0 Å². The molecule has 0 radical (unpaired) electrons. The summed E-state index contributed by atoms with van der Waals surface area (Å²) in [5.74, 6) is -0.613. The second kappa shape index (κ2) is 8.86. The van der Waals surface area contributed by atoms with Crippen LogP contribution in [0.5, 0.6) is 0 Å². The van der Waals surface area contributed by atoms with Crippen molar-refractivity contribution in [2.45, 2.75) is 53.5 Å². The Bertz CT molecular complexity index is 304. The normalized spacial score (nSPS) is 15.8. The van der Waals surface area contributed by atoms with Crippen molar-refractivity contribution < 1.29 is 19.4 Å². The molecule has 0 fully saturated rings. The number of ether oxygens (including phenoxy) is 2. The Hall–Kier alpha value is 0.550. The first kappa shape index (κ1) is 20.6. The van der Waals surface area contributed by atoms with Gasteiger partial charge in [-0.2, -0.15) is 0 Å². The molecule has 0 saturated carbocycles. The number of unbranched alkanes of at least 4 members (excludes halogenated alkanes) is 1. The Balaban J connectivity index is 4.16. The van der Waals surface area contributed by atoms with Gasteiger partial charge in [0.1, 0.15) is 4.33 Å². The van der Waals surface area contributed by atoms with E-state index < -0.39 is 26.8 Å². The summed E-state index contributed by atoms with van der Waals surface area (Å²) in [5, 5.41) is 9.86. The molecule has 0 heterocycles. The van der Waals surface area contributed by atoms with Crippen LogP contribution in [0.4, 0.5) is 0 Å². The van der Waals surface area contributed by atoms with E-state index in [2.05, 4.69) is 4.74 Å². The fourth-order valence-electron chi connectivity index (χ4n) is 1.60. The number of halogens is 4. The summed E-state index contributed by atoms with van der Waals surface area (Å²) in [5.41, 5.74) is 0. The van der Waals surface area contributed by atoms with Crippen LogP contribution in [0.25, 0.3) is 0 Å². The van der Waals surface area contributed by atoms with Crippen LogP contribution in [-0.4, -0.2) is 46.2 Å². The zero-order valence-corrected chi connectivity index (χ0v) is 14.7. The summed E-state index contributed by atoms with van der Waals surface area (Å²) >= 11 is 23.8. The predicted molar refractivity (Wildman–Crippen MR) is 81.8 cm³/mol. The highest BCUT2D eigenvalue weighted by Gasteiger charge is 2.42. The highest BCUT2D eigenvalue weighted by atomic mass is 35.5. The molecule has 0 aliphatic heterocycles. The molecule has 20 heavy (non-hydrogen) atoms. The zero-order valence-electron chi connectivity index (χ0n) is 11.7. The summed E-state index contributed by atoms with van der Waals surface area (Å²) in [4.78, 5) is 11.3. The molecule has 0 bridgehead atoms. The second-order valence-corrected chi connectivity index (χ2v) is 7.77. The fourth-order valence-corrected chi connectivity index (χ4v) is 2.05. The van der Waals surface area contributed by atoms with Gasteiger partial charge in [-0.05, 0) is 19.8 Å². The predicted octanol–water partition coefficient (Wildman–Crippen LogP) is 3.46. The third-order valence-electron chi connectivity index (χ3n) is 2.92. The molecule has 0 spiro atoms. The first-order valence-electron chi connectivity index (χ1n) is 6.11. The SMILES string of the molecule is COC(=O)[C@H](OC)[C@H](O)CCCCC(Cl)(Cl)C(C)(Cl)Cl. The molecule has 0 aromatic carbocycles. The van der Waals surface area contributed by atoms with Crippen molar-refractivity contribution in [2.75, 3.05) is 14.2 Å². The van der Waals surface area contributed by atoms with Gasteiger partial charge in [-0.3, -0.25) is 0 Å². The number of hydrogen-bond acceptors (Lipinski definition) is 4. The van der Waals surface area contributed by atoms with Crippen molar-refractivity contribution in [3.05, 3.63) is 0 Å². The van der Waals surface area contributed by atoms with Crippen molar-refractivity contribution in [3.8, 4) is 0 Å². The number of methoxy groups -OCH3 is 2. The van der Waals surface area contributed by atoms with Crippen LogP contribution in [0.15, 0.2) is 0 Å². The highest BCUT2D eigenvalue weighted by molar-refractivity contribution is 6.62. The van der Waals surface area contributed by atoms with Crippen LogP contribution >= 0.6 is 46.4 Å². The third kappa shape index (κ3) is 6.54. The van der Waals surface area contributed by atoms with Gasteiger partial charge in [-0.15, -0.1) is 0 Å². The van der Waals surface area contributed by atoms with Crippen molar-refractivity contribution >= 4 is 52.4 Å². The molecule has 0 saturated heterocycles. The number of aliphatic hydroxyl groups is 1. The van der Waals surface area contributed by atoms with Crippen LogP contribution in [0.1, 0.15) is 32.6 Å². The molecule has 0 aliphatic carbocycles. The first-order chi connectivity index (χ1) is 9.06. The average Bonchev–Trinajstić information content (AvgIpc) is 2.33. The van der Waals surface area contributed by atoms with Gasteiger partial charge >= 0.3 is 5.97 Å².